The lowest BCUT2D eigenvalue weighted by molar-refractivity contribution is -0.141. The monoisotopic (exact) mass is 489 g/mol. The number of anilines is 1. The third-order valence-electron chi connectivity index (χ3n) is 5.11. The summed E-state index contributed by atoms with van der Waals surface area (Å²) in [5.41, 5.74) is 0.607. The number of rotatable bonds is 10. The topological polar surface area (TPSA) is 96.0 Å². The molecule has 0 saturated carbocycles. The number of carbonyl (C=O) groups is 2. The molecule has 0 saturated heterocycles. The Morgan fingerprint density at radius 1 is 1.03 bits per heavy atom. The Hall–Kier alpha value is -3.07. The molecule has 186 valence electrons. The average molecular weight is 490 g/mol. The van der Waals surface area contributed by atoms with E-state index in [0.717, 1.165) is 16.1 Å². The van der Waals surface area contributed by atoms with Crippen LogP contribution in [-0.2, 0) is 26.2 Å². The van der Waals surface area contributed by atoms with E-state index in [1.165, 1.54) is 12.0 Å². The molecule has 1 N–H and O–H groups in total. The fourth-order valence-corrected chi connectivity index (χ4v) is 4.44. The standard InChI is InChI=1S/C25H35N3O5S/c1-7-20(24(30)26-25(2,3)4)27(17-19-13-9-8-10-14-19)23(29)18-28(34(6,31)32)21-15-11-12-16-22(21)33-5/h8-16,20H,7,17-18H2,1-6H3,(H,26,30)/t20-/m1/s1. The average Bonchev–Trinajstić information content (AvgIpc) is 2.76. The van der Waals surface area contributed by atoms with Crippen molar-refractivity contribution in [3.8, 4) is 5.75 Å². The van der Waals surface area contributed by atoms with Crippen molar-refractivity contribution in [3.63, 3.8) is 0 Å². The largest absolute Gasteiger partial charge is 0.495 e. The molecule has 34 heavy (non-hydrogen) atoms. The van der Waals surface area contributed by atoms with Gasteiger partial charge in [0.2, 0.25) is 21.8 Å². The predicted octanol–water partition coefficient (Wildman–Crippen LogP) is 3.18. The maximum atomic E-state index is 13.6. The molecular formula is C25H35N3O5S. The molecule has 0 aromatic heterocycles. The zero-order valence-electron chi connectivity index (χ0n) is 20.7. The van der Waals surface area contributed by atoms with Crippen LogP contribution in [-0.4, -0.2) is 56.6 Å². The summed E-state index contributed by atoms with van der Waals surface area (Å²) in [6, 6.07) is 15.1. The Morgan fingerprint density at radius 3 is 2.15 bits per heavy atom. The molecule has 0 fully saturated rings. The molecule has 9 heteroatoms. The van der Waals surface area contributed by atoms with Crippen LogP contribution in [0.15, 0.2) is 54.6 Å². The van der Waals surface area contributed by atoms with E-state index in [-0.39, 0.29) is 18.1 Å². The van der Waals surface area contributed by atoms with Gasteiger partial charge in [-0.05, 0) is 44.9 Å². The third kappa shape index (κ3) is 7.48. The number of carbonyl (C=O) groups excluding carboxylic acids is 2. The van der Waals surface area contributed by atoms with Crippen LogP contribution in [0.5, 0.6) is 5.75 Å². The summed E-state index contributed by atoms with van der Waals surface area (Å²) in [7, 11) is -2.39. The molecule has 1 atom stereocenters. The molecule has 0 radical (unpaired) electrons. The summed E-state index contributed by atoms with van der Waals surface area (Å²) in [6.45, 7) is 7.13. The van der Waals surface area contributed by atoms with Gasteiger partial charge in [-0.2, -0.15) is 0 Å². The van der Waals surface area contributed by atoms with Gasteiger partial charge in [-0.1, -0.05) is 49.4 Å². The van der Waals surface area contributed by atoms with Gasteiger partial charge in [-0.3, -0.25) is 13.9 Å². The van der Waals surface area contributed by atoms with Crippen LogP contribution >= 0.6 is 0 Å². The van der Waals surface area contributed by atoms with Crippen molar-refractivity contribution in [1.29, 1.82) is 0 Å². The molecule has 0 aliphatic heterocycles. The number of methoxy groups -OCH3 is 1. The second-order valence-electron chi connectivity index (χ2n) is 9.11. The van der Waals surface area contributed by atoms with E-state index in [4.69, 9.17) is 4.74 Å². The van der Waals surface area contributed by atoms with Gasteiger partial charge in [0.1, 0.15) is 18.3 Å². The summed E-state index contributed by atoms with van der Waals surface area (Å²) in [6.07, 6.45) is 1.41. The number of amides is 2. The van der Waals surface area contributed by atoms with Crippen LogP contribution in [0.25, 0.3) is 0 Å². The van der Waals surface area contributed by atoms with Gasteiger partial charge in [-0.25, -0.2) is 8.42 Å². The molecule has 0 heterocycles. The number of ether oxygens (including phenoxy) is 1. The van der Waals surface area contributed by atoms with Crippen LogP contribution < -0.4 is 14.4 Å². The van der Waals surface area contributed by atoms with Crippen molar-refractivity contribution >= 4 is 27.5 Å². The van der Waals surface area contributed by atoms with Crippen LogP contribution in [0.3, 0.4) is 0 Å². The van der Waals surface area contributed by atoms with Crippen molar-refractivity contribution in [1.82, 2.24) is 10.2 Å². The minimum absolute atomic E-state index is 0.166. The highest BCUT2D eigenvalue weighted by Gasteiger charge is 2.33. The van der Waals surface area contributed by atoms with E-state index in [2.05, 4.69) is 5.32 Å². The Bertz CT molecular complexity index is 1080. The first kappa shape index (κ1) is 27.2. The molecule has 0 aliphatic rings. The molecule has 8 nitrogen and oxygen atoms in total. The number of hydrogen-bond acceptors (Lipinski definition) is 5. The van der Waals surface area contributed by atoms with Crippen LogP contribution in [0, 0.1) is 0 Å². The molecule has 0 spiro atoms. The zero-order valence-corrected chi connectivity index (χ0v) is 21.6. The fraction of sp³-hybridized carbons (Fsp3) is 0.440. The van der Waals surface area contributed by atoms with E-state index < -0.39 is 34.1 Å². The van der Waals surface area contributed by atoms with Crippen molar-refractivity contribution in [3.05, 3.63) is 60.2 Å². The number of para-hydroxylation sites is 2. The highest BCUT2D eigenvalue weighted by Crippen LogP contribution is 2.29. The summed E-state index contributed by atoms with van der Waals surface area (Å²) in [5.74, 6) is -0.452. The summed E-state index contributed by atoms with van der Waals surface area (Å²) >= 11 is 0. The van der Waals surface area contributed by atoms with Crippen molar-refractivity contribution in [2.45, 2.75) is 52.2 Å². The fourth-order valence-electron chi connectivity index (χ4n) is 3.58. The molecular weight excluding hydrogens is 454 g/mol. The third-order valence-corrected chi connectivity index (χ3v) is 6.24. The number of nitrogens with zero attached hydrogens (tertiary/aromatic N) is 2. The van der Waals surface area contributed by atoms with Crippen LogP contribution in [0.4, 0.5) is 5.69 Å². The highest BCUT2D eigenvalue weighted by molar-refractivity contribution is 7.92. The van der Waals surface area contributed by atoms with Gasteiger partial charge in [0.25, 0.3) is 0 Å². The number of nitrogens with one attached hydrogen (secondary N) is 1. The van der Waals surface area contributed by atoms with Gasteiger partial charge in [0, 0.05) is 12.1 Å². The first-order valence-electron chi connectivity index (χ1n) is 11.1. The number of sulfonamides is 1. The summed E-state index contributed by atoms with van der Waals surface area (Å²) < 4.78 is 31.7. The minimum Gasteiger partial charge on any atom is -0.495 e. The first-order chi connectivity index (χ1) is 15.9. The minimum atomic E-state index is -3.83. The molecule has 2 aromatic rings. The molecule has 2 amide bonds. The lowest BCUT2D eigenvalue weighted by atomic mass is 10.1. The van der Waals surface area contributed by atoms with Gasteiger partial charge in [0.05, 0.1) is 19.1 Å². The van der Waals surface area contributed by atoms with E-state index in [1.807, 2.05) is 58.0 Å². The van der Waals surface area contributed by atoms with Crippen LogP contribution in [0.2, 0.25) is 0 Å². The van der Waals surface area contributed by atoms with Gasteiger partial charge in [0.15, 0.2) is 0 Å². The Kier molecular flexibility index (Phi) is 9.09. The quantitative estimate of drug-likeness (QED) is 0.553. The maximum absolute atomic E-state index is 13.6. The lowest BCUT2D eigenvalue weighted by Crippen LogP contribution is -2.55. The maximum Gasteiger partial charge on any atom is 0.244 e. The van der Waals surface area contributed by atoms with Gasteiger partial charge >= 0.3 is 0 Å². The second kappa shape index (κ2) is 11.4. The first-order valence-corrected chi connectivity index (χ1v) is 13.0. The van der Waals surface area contributed by atoms with Crippen molar-refractivity contribution < 1.29 is 22.7 Å². The molecule has 0 bridgehead atoms. The normalized spacial score (nSPS) is 12.5. The van der Waals surface area contributed by atoms with Gasteiger partial charge in [-0.15, -0.1) is 0 Å². The van der Waals surface area contributed by atoms with E-state index in [1.54, 1.807) is 24.3 Å². The summed E-state index contributed by atoms with van der Waals surface area (Å²) in [5, 5.41) is 2.94. The SMILES string of the molecule is CC[C@H](C(=O)NC(C)(C)C)N(Cc1ccccc1)C(=O)CN(c1ccccc1OC)S(C)(=O)=O. The van der Waals surface area contributed by atoms with Crippen molar-refractivity contribution in [2.75, 3.05) is 24.2 Å². The molecule has 0 unspecified atom stereocenters. The zero-order chi connectivity index (χ0) is 25.5. The molecule has 2 rings (SSSR count). The van der Waals surface area contributed by atoms with Crippen molar-refractivity contribution in [2.24, 2.45) is 0 Å². The van der Waals surface area contributed by atoms with E-state index >= 15 is 0 Å². The predicted molar refractivity (Wildman–Crippen MR) is 134 cm³/mol. The lowest BCUT2D eigenvalue weighted by Gasteiger charge is -2.34. The Morgan fingerprint density at radius 2 is 1.62 bits per heavy atom. The molecule has 0 aliphatic carbocycles. The Labute approximate surface area is 202 Å². The van der Waals surface area contributed by atoms with Gasteiger partial charge < -0.3 is 15.0 Å². The highest BCUT2D eigenvalue weighted by atomic mass is 32.2. The number of hydrogen-bond donors (Lipinski definition) is 1. The molecule has 2 aromatic carbocycles. The van der Waals surface area contributed by atoms with E-state index in [9.17, 15) is 18.0 Å². The second-order valence-corrected chi connectivity index (χ2v) is 11.0. The Balaban J connectivity index is 2.47. The smallest absolute Gasteiger partial charge is 0.244 e. The van der Waals surface area contributed by atoms with E-state index in [0.29, 0.717) is 12.2 Å². The van der Waals surface area contributed by atoms with Crippen LogP contribution in [0.1, 0.15) is 39.7 Å². The number of benzene rings is 2. The summed E-state index contributed by atoms with van der Waals surface area (Å²) in [4.78, 5) is 28.2.